The molecule has 0 aliphatic carbocycles. The first-order valence-electron chi connectivity index (χ1n) is 7.50. The van der Waals surface area contributed by atoms with E-state index in [9.17, 15) is 9.35 Å². The van der Waals surface area contributed by atoms with Crippen molar-refractivity contribution in [3.8, 4) is 0 Å². The number of hydrogen-bond donors (Lipinski definition) is 0. The van der Waals surface area contributed by atoms with Crippen molar-refractivity contribution in [3.05, 3.63) is 0 Å². The number of carbonyl (C=O) groups is 1. The van der Waals surface area contributed by atoms with Crippen LogP contribution < -0.4 is 0 Å². The van der Waals surface area contributed by atoms with E-state index in [2.05, 4.69) is 4.40 Å². The van der Waals surface area contributed by atoms with E-state index < -0.39 is 21.5 Å². The van der Waals surface area contributed by atoms with Gasteiger partial charge in [0.15, 0.2) is 0 Å². The lowest BCUT2D eigenvalue weighted by Crippen LogP contribution is -2.40. The number of likely N-dealkylation sites (tertiary alicyclic amines) is 1. The quantitative estimate of drug-likeness (QED) is 0.422. The summed E-state index contributed by atoms with van der Waals surface area (Å²) in [6.07, 6.45) is 2.78. The van der Waals surface area contributed by atoms with Crippen LogP contribution in [0, 0.1) is 5.41 Å². The monoisotopic (exact) mass is 316 g/mol. The molecule has 1 heterocycles. The van der Waals surface area contributed by atoms with E-state index in [0.29, 0.717) is 0 Å². The predicted octanol–water partition coefficient (Wildman–Crippen LogP) is 3.52. The lowest BCUT2D eigenvalue weighted by atomic mass is 9.97. The van der Waals surface area contributed by atoms with Crippen LogP contribution in [0.1, 0.15) is 60.8 Å². The number of piperidine rings is 1. The van der Waals surface area contributed by atoms with Gasteiger partial charge in [-0.2, -0.15) is 0 Å². The van der Waals surface area contributed by atoms with Gasteiger partial charge in [0.2, 0.25) is 0 Å². The highest BCUT2D eigenvalue weighted by atomic mass is 32.2. The number of rotatable bonds is 1. The highest BCUT2D eigenvalue weighted by molar-refractivity contribution is 7.91. The fourth-order valence-electron chi connectivity index (χ4n) is 1.74. The zero-order valence-electron chi connectivity index (χ0n) is 14.1. The molecule has 21 heavy (non-hydrogen) atoms. The zero-order valence-corrected chi connectivity index (χ0v) is 14.9. The van der Waals surface area contributed by atoms with Crippen molar-refractivity contribution < 1.29 is 14.1 Å². The Hall–Kier alpha value is -0.750. The summed E-state index contributed by atoms with van der Waals surface area (Å²) in [7, 11) is 0. The van der Waals surface area contributed by atoms with Gasteiger partial charge in [-0.25, -0.2) is 4.79 Å². The topological polar surface area (TPSA) is 65.0 Å². The van der Waals surface area contributed by atoms with Crippen molar-refractivity contribution in [3.63, 3.8) is 0 Å². The fourth-order valence-corrected chi connectivity index (χ4v) is 2.48. The molecular formula is C15H28N2O3S. The van der Waals surface area contributed by atoms with E-state index in [-0.39, 0.29) is 12.0 Å². The molecule has 0 bridgehead atoms. The Kier molecular flexibility index (Phi) is 6.11. The van der Waals surface area contributed by atoms with Gasteiger partial charge < -0.3 is 14.2 Å². The molecule has 1 aliphatic heterocycles. The lowest BCUT2D eigenvalue weighted by molar-refractivity contribution is 0.134. The van der Waals surface area contributed by atoms with Crippen LogP contribution >= 0.6 is 0 Å². The van der Waals surface area contributed by atoms with Gasteiger partial charge in [-0.05, 0) is 44.4 Å². The fraction of sp³-hybridized carbons (Fsp3) is 0.867. The minimum Gasteiger partial charge on any atom is -0.591 e. The van der Waals surface area contributed by atoms with Crippen LogP contribution in [0.2, 0.25) is 0 Å². The molecule has 1 aliphatic rings. The third kappa shape index (κ3) is 5.87. The second-order valence-electron chi connectivity index (χ2n) is 7.42. The van der Waals surface area contributed by atoms with Crippen LogP contribution in [-0.4, -0.2) is 39.3 Å². The molecule has 0 aromatic rings. The van der Waals surface area contributed by atoms with Crippen molar-refractivity contribution >= 4 is 23.4 Å². The van der Waals surface area contributed by atoms with Crippen LogP contribution in [0.15, 0.2) is 4.40 Å². The molecule has 0 N–H and O–H groups in total. The summed E-state index contributed by atoms with van der Waals surface area (Å²) in [5, 5.41) is 0. The minimum absolute atomic E-state index is 0.242. The maximum Gasteiger partial charge on any atom is 0.416 e. The van der Waals surface area contributed by atoms with Gasteiger partial charge in [0.25, 0.3) is 5.90 Å². The van der Waals surface area contributed by atoms with E-state index in [0.717, 1.165) is 32.4 Å². The number of hydrogen-bond acceptors (Lipinski definition) is 4. The summed E-state index contributed by atoms with van der Waals surface area (Å²) in [5.74, 6) is 0.242. The maximum absolute atomic E-state index is 12.2. The Labute approximate surface area is 131 Å². The molecule has 1 saturated heterocycles. The van der Waals surface area contributed by atoms with Crippen molar-refractivity contribution in [1.29, 1.82) is 0 Å². The van der Waals surface area contributed by atoms with Crippen LogP contribution in [-0.2, 0) is 16.1 Å². The summed E-state index contributed by atoms with van der Waals surface area (Å²) in [6.45, 7) is 12.7. The summed E-state index contributed by atoms with van der Waals surface area (Å²) >= 11 is -1.44. The van der Waals surface area contributed by atoms with Gasteiger partial charge in [-0.15, -0.1) is 0 Å². The summed E-state index contributed by atoms with van der Waals surface area (Å²) in [4.78, 5) is 13.9. The number of ether oxygens (including phenoxy) is 1. The highest BCUT2D eigenvalue weighted by Gasteiger charge is 2.33. The SMILES string of the molecule is CC(C)(C)/C(=N\[S@@+]([O-])C(C)(C)C)OC(=O)N1CCCCC1. The molecule has 1 atom stereocenters. The van der Waals surface area contributed by atoms with Crippen molar-refractivity contribution in [2.45, 2.75) is 65.6 Å². The maximum atomic E-state index is 12.2. The molecule has 0 spiro atoms. The smallest absolute Gasteiger partial charge is 0.416 e. The predicted molar refractivity (Wildman–Crippen MR) is 86.7 cm³/mol. The average Bonchev–Trinajstić information content (AvgIpc) is 2.36. The number of nitrogens with zero attached hydrogens (tertiary/aromatic N) is 2. The molecule has 0 aromatic heterocycles. The van der Waals surface area contributed by atoms with Crippen molar-refractivity contribution in [2.75, 3.05) is 13.1 Å². The van der Waals surface area contributed by atoms with Crippen LogP contribution in [0.4, 0.5) is 4.79 Å². The van der Waals surface area contributed by atoms with Gasteiger partial charge in [-0.1, -0.05) is 20.8 Å². The largest absolute Gasteiger partial charge is 0.591 e. The number of carbonyl (C=O) groups excluding carboxylic acids is 1. The molecule has 0 unspecified atom stereocenters. The molecule has 6 heteroatoms. The third-order valence-corrected chi connectivity index (χ3v) is 4.51. The molecule has 1 amide bonds. The molecule has 0 radical (unpaired) electrons. The summed E-state index contributed by atoms with van der Waals surface area (Å²) in [5.41, 5.74) is -0.466. The Morgan fingerprint density at radius 1 is 1.10 bits per heavy atom. The molecule has 122 valence electrons. The Morgan fingerprint density at radius 2 is 1.62 bits per heavy atom. The van der Waals surface area contributed by atoms with E-state index >= 15 is 0 Å². The van der Waals surface area contributed by atoms with Gasteiger partial charge in [0, 0.05) is 18.5 Å². The van der Waals surface area contributed by atoms with E-state index in [1.807, 2.05) is 41.5 Å². The van der Waals surface area contributed by atoms with Crippen LogP contribution in [0.5, 0.6) is 0 Å². The molecule has 0 aromatic carbocycles. The number of amides is 1. The Morgan fingerprint density at radius 3 is 2.05 bits per heavy atom. The Bertz CT molecular complexity index is 391. The van der Waals surface area contributed by atoms with Crippen molar-refractivity contribution in [2.24, 2.45) is 9.81 Å². The normalized spacial score (nSPS) is 19.4. The minimum atomic E-state index is -1.44. The van der Waals surface area contributed by atoms with Crippen molar-refractivity contribution in [1.82, 2.24) is 4.90 Å². The van der Waals surface area contributed by atoms with Gasteiger partial charge in [-0.3, -0.25) is 0 Å². The van der Waals surface area contributed by atoms with Crippen LogP contribution in [0.3, 0.4) is 0 Å². The molecular weight excluding hydrogens is 288 g/mol. The second kappa shape index (κ2) is 7.01. The highest BCUT2D eigenvalue weighted by Crippen LogP contribution is 2.24. The first-order valence-corrected chi connectivity index (χ1v) is 8.60. The molecule has 1 fully saturated rings. The van der Waals surface area contributed by atoms with E-state index in [1.165, 1.54) is 0 Å². The third-order valence-electron chi connectivity index (χ3n) is 3.13. The lowest BCUT2D eigenvalue weighted by Gasteiger charge is -2.28. The first-order chi connectivity index (χ1) is 9.51. The van der Waals surface area contributed by atoms with Gasteiger partial charge in [0.05, 0.1) is 0 Å². The van der Waals surface area contributed by atoms with Gasteiger partial charge in [0.1, 0.15) is 16.1 Å². The van der Waals surface area contributed by atoms with E-state index in [4.69, 9.17) is 4.74 Å². The van der Waals surface area contributed by atoms with Gasteiger partial charge >= 0.3 is 6.09 Å². The standard InChI is InChI=1S/C15H28N2O3S/c1-14(2,3)12(16-21(19)15(4,5)6)20-13(18)17-10-8-7-9-11-17/h7-11H2,1-6H3/b16-12+/t21-/m0/s1. The summed E-state index contributed by atoms with van der Waals surface area (Å²) in [6, 6.07) is 0. The molecule has 5 nitrogen and oxygen atoms in total. The molecule has 0 saturated carbocycles. The summed E-state index contributed by atoms with van der Waals surface area (Å²) < 4.78 is 21.4. The first kappa shape index (κ1) is 18.3. The molecule has 1 rings (SSSR count). The zero-order chi connectivity index (χ0) is 16.3. The Balaban J connectivity index is 2.84. The average molecular weight is 316 g/mol. The second-order valence-corrected chi connectivity index (χ2v) is 9.33. The van der Waals surface area contributed by atoms with E-state index in [1.54, 1.807) is 4.90 Å². The van der Waals surface area contributed by atoms with Crippen LogP contribution in [0.25, 0.3) is 0 Å².